The summed E-state index contributed by atoms with van der Waals surface area (Å²) in [5, 5.41) is 0. The predicted molar refractivity (Wildman–Crippen MR) is 74.0 cm³/mol. The molecule has 1 aromatic rings. The Hall–Kier alpha value is -0.430. The maximum Gasteiger partial charge on any atom is 0.0181 e. The van der Waals surface area contributed by atoms with Crippen LogP contribution in [0.3, 0.4) is 0 Å². The summed E-state index contributed by atoms with van der Waals surface area (Å²) in [6.45, 7) is 2.39. The number of rotatable bonds is 3. The fraction of sp³-hybridized carbons (Fsp3) is 0.600. The smallest absolute Gasteiger partial charge is 0.0181 e. The van der Waals surface area contributed by atoms with Crippen LogP contribution in [0.1, 0.15) is 49.7 Å². The van der Waals surface area contributed by atoms with Crippen molar-refractivity contribution in [2.24, 2.45) is 5.92 Å². The van der Waals surface area contributed by atoms with E-state index in [0.717, 1.165) is 17.6 Å². The second-order valence-electron chi connectivity index (χ2n) is 5.13. The van der Waals surface area contributed by atoms with E-state index in [1.54, 1.807) is 5.56 Å². The number of hydrogen-bond donors (Lipinski definition) is 0. The van der Waals surface area contributed by atoms with Crippen LogP contribution >= 0.6 is 11.8 Å². The van der Waals surface area contributed by atoms with Crippen molar-refractivity contribution in [1.82, 2.24) is 0 Å². The van der Waals surface area contributed by atoms with Crippen LogP contribution in [0.5, 0.6) is 0 Å². The minimum Gasteiger partial charge on any atom is -0.161 e. The Bertz CT molecular complexity index is 307. The molecule has 1 aliphatic carbocycles. The molecule has 1 saturated carbocycles. The number of hydrogen-bond acceptors (Lipinski definition) is 1. The normalized spacial score (nSPS) is 25.6. The average Bonchev–Trinajstić information content (AvgIpc) is 2.32. The van der Waals surface area contributed by atoms with Crippen LogP contribution in [0.4, 0.5) is 0 Å². The van der Waals surface area contributed by atoms with E-state index in [4.69, 9.17) is 0 Å². The zero-order valence-corrected chi connectivity index (χ0v) is 11.2. The second-order valence-corrected chi connectivity index (χ2v) is 6.00. The Morgan fingerprint density at radius 2 is 1.69 bits per heavy atom. The lowest BCUT2D eigenvalue weighted by Gasteiger charge is -2.26. The Morgan fingerprint density at radius 1 is 1.06 bits per heavy atom. The molecule has 0 aliphatic heterocycles. The standard InChI is InChI=1S/C15H22S/c1-12-3-7-14(8-4-12)15-9-5-13(6-10-15)11-16-2/h5-6,9-10,12,14H,3-4,7-8,11H2,1-2H3/t12-,14+. The Balaban J connectivity index is 1.98. The van der Waals surface area contributed by atoms with Crippen molar-refractivity contribution < 1.29 is 0 Å². The minimum atomic E-state index is 0.833. The molecule has 0 atom stereocenters. The molecule has 0 bridgehead atoms. The third-order valence-electron chi connectivity index (χ3n) is 3.78. The Morgan fingerprint density at radius 3 is 2.25 bits per heavy atom. The van der Waals surface area contributed by atoms with Crippen molar-refractivity contribution in [2.45, 2.75) is 44.3 Å². The quantitative estimate of drug-likeness (QED) is 0.721. The van der Waals surface area contributed by atoms with E-state index < -0.39 is 0 Å². The molecule has 0 nitrogen and oxygen atoms in total. The molecule has 1 heteroatoms. The zero-order valence-electron chi connectivity index (χ0n) is 10.4. The van der Waals surface area contributed by atoms with Gasteiger partial charge in [-0.1, -0.05) is 44.0 Å². The van der Waals surface area contributed by atoms with Crippen molar-refractivity contribution in [3.63, 3.8) is 0 Å². The van der Waals surface area contributed by atoms with Crippen molar-refractivity contribution in [2.75, 3.05) is 6.26 Å². The van der Waals surface area contributed by atoms with Gasteiger partial charge in [0.05, 0.1) is 0 Å². The molecule has 0 saturated heterocycles. The first-order valence-electron chi connectivity index (χ1n) is 6.37. The van der Waals surface area contributed by atoms with Crippen LogP contribution < -0.4 is 0 Å². The summed E-state index contributed by atoms with van der Waals surface area (Å²) < 4.78 is 0. The molecule has 0 heterocycles. The third kappa shape index (κ3) is 3.04. The van der Waals surface area contributed by atoms with Gasteiger partial charge in [0.25, 0.3) is 0 Å². The molecule has 2 rings (SSSR count). The fourth-order valence-electron chi connectivity index (χ4n) is 2.65. The van der Waals surface area contributed by atoms with Gasteiger partial charge in [-0.15, -0.1) is 0 Å². The molecule has 0 unspecified atom stereocenters. The van der Waals surface area contributed by atoms with Gasteiger partial charge in [0.15, 0.2) is 0 Å². The van der Waals surface area contributed by atoms with E-state index in [2.05, 4.69) is 37.4 Å². The lowest BCUT2D eigenvalue weighted by atomic mass is 9.79. The van der Waals surface area contributed by atoms with E-state index in [9.17, 15) is 0 Å². The summed E-state index contributed by atoms with van der Waals surface area (Å²) >= 11 is 1.90. The molecule has 1 aliphatic rings. The SMILES string of the molecule is CSCc1ccc([C@H]2CC[C@@H](C)CC2)cc1. The minimum absolute atomic E-state index is 0.833. The van der Waals surface area contributed by atoms with Gasteiger partial charge in [-0.25, -0.2) is 0 Å². The zero-order chi connectivity index (χ0) is 11.4. The predicted octanol–water partition coefficient (Wildman–Crippen LogP) is 4.84. The van der Waals surface area contributed by atoms with Gasteiger partial charge >= 0.3 is 0 Å². The summed E-state index contributed by atoms with van der Waals surface area (Å²) in [6.07, 6.45) is 7.77. The highest BCUT2D eigenvalue weighted by Crippen LogP contribution is 2.35. The molecular weight excluding hydrogens is 212 g/mol. The van der Waals surface area contributed by atoms with Crippen LogP contribution in [-0.4, -0.2) is 6.26 Å². The first-order valence-corrected chi connectivity index (χ1v) is 7.76. The van der Waals surface area contributed by atoms with E-state index >= 15 is 0 Å². The fourth-order valence-corrected chi connectivity index (χ4v) is 3.17. The van der Waals surface area contributed by atoms with Gasteiger partial charge < -0.3 is 0 Å². The maximum absolute atomic E-state index is 2.39. The van der Waals surface area contributed by atoms with Gasteiger partial charge in [-0.3, -0.25) is 0 Å². The van der Waals surface area contributed by atoms with Gasteiger partial charge in [-0.2, -0.15) is 11.8 Å². The molecule has 0 amide bonds. The molecule has 88 valence electrons. The summed E-state index contributed by atoms with van der Waals surface area (Å²) in [6, 6.07) is 9.33. The highest BCUT2D eigenvalue weighted by Gasteiger charge is 2.19. The van der Waals surface area contributed by atoms with Crippen LogP contribution in [0, 0.1) is 5.92 Å². The van der Waals surface area contributed by atoms with Crippen molar-refractivity contribution in [1.29, 1.82) is 0 Å². The highest BCUT2D eigenvalue weighted by molar-refractivity contribution is 7.97. The summed E-state index contributed by atoms with van der Waals surface area (Å²) in [4.78, 5) is 0. The number of benzene rings is 1. The highest BCUT2D eigenvalue weighted by atomic mass is 32.2. The third-order valence-corrected chi connectivity index (χ3v) is 4.40. The lowest BCUT2D eigenvalue weighted by Crippen LogP contribution is -2.10. The van der Waals surface area contributed by atoms with E-state index in [1.165, 1.54) is 31.2 Å². The topological polar surface area (TPSA) is 0 Å². The Kier molecular flexibility index (Phi) is 4.34. The molecule has 0 spiro atoms. The lowest BCUT2D eigenvalue weighted by molar-refractivity contribution is 0.348. The van der Waals surface area contributed by atoms with Crippen molar-refractivity contribution >= 4 is 11.8 Å². The van der Waals surface area contributed by atoms with Gasteiger partial charge in [0.1, 0.15) is 0 Å². The summed E-state index contributed by atoms with van der Waals surface area (Å²) in [7, 11) is 0. The van der Waals surface area contributed by atoms with Crippen molar-refractivity contribution in [3.05, 3.63) is 35.4 Å². The van der Waals surface area contributed by atoms with E-state index in [1.807, 2.05) is 11.8 Å². The Labute approximate surface area is 104 Å². The van der Waals surface area contributed by atoms with Crippen LogP contribution in [0.25, 0.3) is 0 Å². The molecule has 1 fully saturated rings. The molecule has 0 aromatic heterocycles. The second kappa shape index (κ2) is 5.77. The monoisotopic (exact) mass is 234 g/mol. The largest absolute Gasteiger partial charge is 0.161 e. The van der Waals surface area contributed by atoms with E-state index in [0.29, 0.717) is 0 Å². The number of thioether (sulfide) groups is 1. The van der Waals surface area contributed by atoms with Gasteiger partial charge in [-0.05, 0) is 42.1 Å². The molecule has 16 heavy (non-hydrogen) atoms. The van der Waals surface area contributed by atoms with Crippen LogP contribution in [0.15, 0.2) is 24.3 Å². The maximum atomic E-state index is 2.39. The van der Waals surface area contributed by atoms with Crippen LogP contribution in [-0.2, 0) is 5.75 Å². The molecule has 1 aromatic carbocycles. The van der Waals surface area contributed by atoms with Gasteiger partial charge in [0.2, 0.25) is 0 Å². The van der Waals surface area contributed by atoms with E-state index in [-0.39, 0.29) is 0 Å². The molecule has 0 radical (unpaired) electrons. The molecular formula is C15H22S. The van der Waals surface area contributed by atoms with Crippen molar-refractivity contribution in [3.8, 4) is 0 Å². The first-order chi connectivity index (χ1) is 7.79. The first kappa shape index (κ1) is 12.0. The molecule has 0 N–H and O–H groups in total. The van der Waals surface area contributed by atoms with Crippen LogP contribution in [0.2, 0.25) is 0 Å². The summed E-state index contributed by atoms with van der Waals surface area (Å²) in [5.41, 5.74) is 3.03. The average molecular weight is 234 g/mol. The van der Waals surface area contributed by atoms with Gasteiger partial charge in [0, 0.05) is 5.75 Å². The summed E-state index contributed by atoms with van der Waals surface area (Å²) in [5.74, 6) is 2.92.